The van der Waals surface area contributed by atoms with Crippen molar-refractivity contribution in [1.29, 1.82) is 0 Å². The Bertz CT molecular complexity index is 372. The van der Waals surface area contributed by atoms with Crippen molar-refractivity contribution >= 4 is 5.91 Å². The van der Waals surface area contributed by atoms with Crippen molar-refractivity contribution in [3.05, 3.63) is 29.3 Å². The molecule has 1 aromatic carbocycles. The molecule has 0 unspecified atom stereocenters. The normalized spacial score (nSPS) is 10.3. The van der Waals surface area contributed by atoms with E-state index in [9.17, 15) is 4.79 Å². The molecule has 3 heteroatoms. The van der Waals surface area contributed by atoms with E-state index in [4.69, 9.17) is 4.74 Å². The molecule has 0 aliphatic rings. The fraction of sp³-hybridized carbons (Fsp3) is 0.462. The number of amides is 1. The van der Waals surface area contributed by atoms with Crippen LogP contribution in [-0.2, 0) is 0 Å². The fourth-order valence-corrected chi connectivity index (χ4v) is 1.38. The van der Waals surface area contributed by atoms with Crippen molar-refractivity contribution in [3.8, 4) is 5.75 Å². The summed E-state index contributed by atoms with van der Waals surface area (Å²) >= 11 is 0. The fourth-order valence-electron chi connectivity index (χ4n) is 1.38. The van der Waals surface area contributed by atoms with E-state index >= 15 is 0 Å². The predicted octanol–water partition coefficient (Wildman–Crippen LogP) is 2.39. The molecule has 0 fully saturated rings. The Morgan fingerprint density at radius 3 is 2.69 bits per heavy atom. The quantitative estimate of drug-likeness (QED) is 0.847. The molecule has 1 N–H and O–H groups in total. The summed E-state index contributed by atoms with van der Waals surface area (Å²) < 4.78 is 5.19. The van der Waals surface area contributed by atoms with Gasteiger partial charge in [-0.3, -0.25) is 4.79 Å². The predicted molar refractivity (Wildman–Crippen MR) is 64.9 cm³/mol. The van der Waals surface area contributed by atoms with Crippen LogP contribution in [0, 0.1) is 12.8 Å². The van der Waals surface area contributed by atoms with Crippen LogP contribution >= 0.6 is 0 Å². The molecular weight excluding hydrogens is 202 g/mol. The third kappa shape index (κ3) is 3.26. The van der Waals surface area contributed by atoms with Crippen LogP contribution in [0.15, 0.2) is 18.2 Å². The van der Waals surface area contributed by atoms with Gasteiger partial charge in [0.05, 0.1) is 12.7 Å². The molecule has 0 radical (unpaired) electrons. The van der Waals surface area contributed by atoms with Crippen molar-refractivity contribution in [2.24, 2.45) is 5.92 Å². The van der Waals surface area contributed by atoms with Gasteiger partial charge in [-0.15, -0.1) is 0 Å². The molecular formula is C13H19NO2. The first-order valence-corrected chi connectivity index (χ1v) is 5.47. The monoisotopic (exact) mass is 221 g/mol. The van der Waals surface area contributed by atoms with E-state index in [0.29, 0.717) is 23.8 Å². The Hall–Kier alpha value is -1.51. The van der Waals surface area contributed by atoms with Crippen molar-refractivity contribution in [1.82, 2.24) is 5.32 Å². The molecule has 0 aliphatic heterocycles. The number of carbonyl (C=O) groups is 1. The first-order chi connectivity index (χ1) is 7.54. The number of methoxy groups -OCH3 is 1. The Labute approximate surface area is 96.8 Å². The van der Waals surface area contributed by atoms with Gasteiger partial charge < -0.3 is 10.1 Å². The summed E-state index contributed by atoms with van der Waals surface area (Å²) in [5, 5.41) is 2.87. The molecule has 16 heavy (non-hydrogen) atoms. The summed E-state index contributed by atoms with van der Waals surface area (Å²) in [7, 11) is 1.58. The van der Waals surface area contributed by atoms with Gasteiger partial charge in [0.1, 0.15) is 5.75 Å². The summed E-state index contributed by atoms with van der Waals surface area (Å²) in [6.07, 6.45) is 0. The van der Waals surface area contributed by atoms with Crippen LogP contribution in [0.3, 0.4) is 0 Å². The lowest BCUT2D eigenvalue weighted by Gasteiger charge is -2.11. The van der Waals surface area contributed by atoms with Crippen LogP contribution < -0.4 is 10.1 Å². The van der Waals surface area contributed by atoms with Gasteiger partial charge in [0.2, 0.25) is 0 Å². The van der Waals surface area contributed by atoms with E-state index in [0.717, 1.165) is 5.56 Å². The molecule has 1 rings (SSSR count). The molecule has 88 valence electrons. The van der Waals surface area contributed by atoms with Crippen LogP contribution in [0.4, 0.5) is 0 Å². The van der Waals surface area contributed by atoms with Gasteiger partial charge in [-0.2, -0.15) is 0 Å². The number of benzene rings is 1. The first-order valence-electron chi connectivity index (χ1n) is 5.47. The molecule has 0 saturated heterocycles. The second-order valence-electron chi connectivity index (χ2n) is 4.31. The standard InChI is InChI=1S/C13H19NO2/c1-9(2)8-14-13(15)11-6-5-10(3)7-12(11)16-4/h5-7,9H,8H2,1-4H3,(H,14,15). The lowest BCUT2D eigenvalue weighted by atomic mass is 10.1. The maximum atomic E-state index is 11.8. The zero-order valence-corrected chi connectivity index (χ0v) is 10.3. The summed E-state index contributed by atoms with van der Waals surface area (Å²) in [4.78, 5) is 11.8. The smallest absolute Gasteiger partial charge is 0.255 e. The minimum Gasteiger partial charge on any atom is -0.496 e. The molecule has 0 aromatic heterocycles. The number of nitrogens with one attached hydrogen (secondary N) is 1. The summed E-state index contributed by atoms with van der Waals surface area (Å²) in [6.45, 7) is 6.77. The minimum absolute atomic E-state index is 0.0782. The Kier molecular flexibility index (Phi) is 4.35. The highest BCUT2D eigenvalue weighted by Crippen LogP contribution is 2.19. The van der Waals surface area contributed by atoms with Gasteiger partial charge in [0.25, 0.3) is 5.91 Å². The molecule has 3 nitrogen and oxygen atoms in total. The van der Waals surface area contributed by atoms with Gasteiger partial charge in [-0.1, -0.05) is 19.9 Å². The van der Waals surface area contributed by atoms with Crippen LogP contribution in [0.5, 0.6) is 5.75 Å². The number of hydrogen-bond donors (Lipinski definition) is 1. The largest absolute Gasteiger partial charge is 0.496 e. The topological polar surface area (TPSA) is 38.3 Å². The van der Waals surface area contributed by atoms with E-state index in [1.807, 2.05) is 19.1 Å². The Morgan fingerprint density at radius 1 is 1.44 bits per heavy atom. The number of carbonyl (C=O) groups excluding carboxylic acids is 1. The molecule has 0 aliphatic carbocycles. The molecule has 1 aromatic rings. The summed E-state index contributed by atoms with van der Waals surface area (Å²) in [5.74, 6) is 0.993. The van der Waals surface area contributed by atoms with Crippen molar-refractivity contribution < 1.29 is 9.53 Å². The van der Waals surface area contributed by atoms with Gasteiger partial charge in [0.15, 0.2) is 0 Å². The highest BCUT2D eigenvalue weighted by atomic mass is 16.5. The van der Waals surface area contributed by atoms with Gasteiger partial charge in [-0.25, -0.2) is 0 Å². The Balaban J connectivity index is 2.82. The maximum absolute atomic E-state index is 11.8. The van der Waals surface area contributed by atoms with Crippen LogP contribution in [0.1, 0.15) is 29.8 Å². The first kappa shape index (κ1) is 12.6. The van der Waals surface area contributed by atoms with E-state index < -0.39 is 0 Å². The highest BCUT2D eigenvalue weighted by Gasteiger charge is 2.11. The molecule has 0 saturated carbocycles. The number of aryl methyl sites for hydroxylation is 1. The lowest BCUT2D eigenvalue weighted by Crippen LogP contribution is -2.27. The molecule has 0 heterocycles. The van der Waals surface area contributed by atoms with E-state index in [-0.39, 0.29) is 5.91 Å². The van der Waals surface area contributed by atoms with Gasteiger partial charge in [0, 0.05) is 6.54 Å². The second-order valence-corrected chi connectivity index (χ2v) is 4.31. The molecule has 0 bridgehead atoms. The van der Waals surface area contributed by atoms with Crippen molar-refractivity contribution in [2.75, 3.05) is 13.7 Å². The lowest BCUT2D eigenvalue weighted by molar-refractivity contribution is 0.0946. The van der Waals surface area contributed by atoms with E-state index in [1.165, 1.54) is 0 Å². The zero-order valence-electron chi connectivity index (χ0n) is 10.3. The van der Waals surface area contributed by atoms with Crippen molar-refractivity contribution in [3.63, 3.8) is 0 Å². The van der Waals surface area contributed by atoms with E-state index in [2.05, 4.69) is 19.2 Å². The number of hydrogen-bond acceptors (Lipinski definition) is 2. The second kappa shape index (κ2) is 5.54. The molecule has 0 atom stereocenters. The molecule has 1 amide bonds. The third-order valence-corrected chi connectivity index (χ3v) is 2.27. The van der Waals surface area contributed by atoms with E-state index in [1.54, 1.807) is 13.2 Å². The van der Waals surface area contributed by atoms with Crippen LogP contribution in [0.25, 0.3) is 0 Å². The summed E-state index contributed by atoms with van der Waals surface area (Å²) in [6, 6.07) is 5.57. The SMILES string of the molecule is COc1cc(C)ccc1C(=O)NCC(C)C. The van der Waals surface area contributed by atoms with Crippen molar-refractivity contribution in [2.45, 2.75) is 20.8 Å². The average molecular weight is 221 g/mol. The van der Waals surface area contributed by atoms with Gasteiger partial charge >= 0.3 is 0 Å². The third-order valence-electron chi connectivity index (χ3n) is 2.27. The zero-order chi connectivity index (χ0) is 12.1. The Morgan fingerprint density at radius 2 is 2.12 bits per heavy atom. The van der Waals surface area contributed by atoms with Crippen LogP contribution in [-0.4, -0.2) is 19.6 Å². The number of rotatable bonds is 4. The van der Waals surface area contributed by atoms with Gasteiger partial charge in [-0.05, 0) is 30.5 Å². The average Bonchev–Trinajstić information content (AvgIpc) is 2.25. The minimum atomic E-state index is -0.0782. The highest BCUT2D eigenvalue weighted by molar-refractivity contribution is 5.97. The number of ether oxygens (including phenoxy) is 1. The van der Waals surface area contributed by atoms with Crippen LogP contribution in [0.2, 0.25) is 0 Å². The summed E-state index contributed by atoms with van der Waals surface area (Å²) in [5.41, 5.74) is 1.67. The maximum Gasteiger partial charge on any atom is 0.255 e. The molecule has 0 spiro atoms.